The van der Waals surface area contributed by atoms with Crippen LogP contribution in [0.1, 0.15) is 48.3 Å². The van der Waals surface area contributed by atoms with Gasteiger partial charge in [-0.3, -0.25) is 4.79 Å². The summed E-state index contributed by atoms with van der Waals surface area (Å²) < 4.78 is 1.50. The number of carbonyl (C=O) groups is 1. The second-order valence-corrected chi connectivity index (χ2v) is 7.81. The Hall–Kier alpha value is -3.01. The maximum absolute atomic E-state index is 13.2. The Morgan fingerprint density at radius 3 is 2.32 bits per heavy atom. The van der Waals surface area contributed by atoms with E-state index < -0.39 is 0 Å². The molecule has 4 rings (SSSR count). The molecule has 2 aromatic carbocycles. The van der Waals surface area contributed by atoms with Gasteiger partial charge in [-0.15, -0.1) is 0 Å². The SMILES string of the molecule is CC1=Nc2c(-c3ccccc3)c(C)nn2C(=O)C1Cc1ccc(C(C)C)cc1. The van der Waals surface area contributed by atoms with Crippen LogP contribution in [0, 0.1) is 12.8 Å². The van der Waals surface area contributed by atoms with E-state index >= 15 is 0 Å². The molecule has 0 saturated heterocycles. The van der Waals surface area contributed by atoms with Gasteiger partial charge in [0.25, 0.3) is 5.91 Å². The lowest BCUT2D eigenvalue weighted by Crippen LogP contribution is -2.33. The zero-order chi connectivity index (χ0) is 19.8. The maximum atomic E-state index is 13.2. The molecule has 0 saturated carbocycles. The second-order valence-electron chi connectivity index (χ2n) is 7.81. The van der Waals surface area contributed by atoms with E-state index in [4.69, 9.17) is 4.99 Å². The van der Waals surface area contributed by atoms with E-state index in [1.54, 1.807) is 0 Å². The van der Waals surface area contributed by atoms with Crippen LogP contribution in [0.15, 0.2) is 59.6 Å². The summed E-state index contributed by atoms with van der Waals surface area (Å²) in [6, 6.07) is 18.6. The molecule has 1 unspecified atom stereocenters. The van der Waals surface area contributed by atoms with Gasteiger partial charge in [0.15, 0.2) is 5.82 Å². The van der Waals surface area contributed by atoms with Crippen LogP contribution in [-0.4, -0.2) is 21.4 Å². The minimum absolute atomic E-state index is 0.000664. The van der Waals surface area contributed by atoms with Crippen molar-refractivity contribution in [1.29, 1.82) is 0 Å². The van der Waals surface area contributed by atoms with Crippen molar-refractivity contribution in [3.8, 4) is 11.1 Å². The Balaban J connectivity index is 1.67. The van der Waals surface area contributed by atoms with E-state index in [9.17, 15) is 4.79 Å². The predicted molar refractivity (Wildman–Crippen MR) is 114 cm³/mol. The van der Waals surface area contributed by atoms with Crippen LogP contribution in [0.2, 0.25) is 0 Å². The van der Waals surface area contributed by atoms with Gasteiger partial charge in [-0.2, -0.15) is 9.78 Å². The minimum atomic E-state index is -0.277. The number of fused-ring (bicyclic) bond motifs is 1. The number of nitrogens with zero attached hydrogens (tertiary/aromatic N) is 3. The summed E-state index contributed by atoms with van der Waals surface area (Å²) in [5.41, 5.74) is 6.10. The van der Waals surface area contributed by atoms with Gasteiger partial charge in [0.05, 0.1) is 11.6 Å². The predicted octanol–water partition coefficient (Wildman–Crippen LogP) is 5.59. The average Bonchev–Trinajstić information content (AvgIpc) is 3.02. The number of hydrogen-bond acceptors (Lipinski definition) is 3. The Morgan fingerprint density at radius 1 is 1.00 bits per heavy atom. The van der Waals surface area contributed by atoms with Crippen molar-refractivity contribution in [2.24, 2.45) is 10.9 Å². The van der Waals surface area contributed by atoms with Gasteiger partial charge in [-0.05, 0) is 42.9 Å². The van der Waals surface area contributed by atoms with Crippen LogP contribution in [0.3, 0.4) is 0 Å². The topological polar surface area (TPSA) is 47.2 Å². The lowest BCUT2D eigenvalue weighted by atomic mass is 9.92. The summed E-state index contributed by atoms with van der Waals surface area (Å²) in [6.45, 7) is 8.25. The molecule has 0 aliphatic carbocycles. The molecule has 0 radical (unpaired) electrons. The number of aryl methyl sites for hydroxylation is 1. The summed E-state index contributed by atoms with van der Waals surface area (Å²) in [4.78, 5) is 18.0. The zero-order valence-electron chi connectivity index (χ0n) is 16.8. The Kier molecular flexibility index (Phi) is 4.71. The van der Waals surface area contributed by atoms with E-state index in [2.05, 4.69) is 43.2 Å². The maximum Gasteiger partial charge on any atom is 0.257 e. The molecule has 1 aromatic heterocycles. The molecule has 1 aliphatic rings. The monoisotopic (exact) mass is 371 g/mol. The first-order chi connectivity index (χ1) is 13.5. The summed E-state index contributed by atoms with van der Waals surface area (Å²) >= 11 is 0. The molecule has 0 bridgehead atoms. The third kappa shape index (κ3) is 3.19. The Bertz CT molecular complexity index is 1040. The van der Waals surface area contributed by atoms with Crippen molar-refractivity contribution in [1.82, 2.24) is 9.78 Å². The zero-order valence-corrected chi connectivity index (χ0v) is 16.8. The quantitative estimate of drug-likeness (QED) is 0.600. The molecular weight excluding hydrogens is 346 g/mol. The van der Waals surface area contributed by atoms with Crippen molar-refractivity contribution < 1.29 is 4.79 Å². The molecule has 0 N–H and O–H groups in total. The summed E-state index contributed by atoms with van der Waals surface area (Å²) in [6.07, 6.45) is 0.644. The molecule has 0 amide bonds. The second kappa shape index (κ2) is 7.19. The highest BCUT2D eigenvalue weighted by molar-refractivity contribution is 6.09. The van der Waals surface area contributed by atoms with Gasteiger partial charge >= 0.3 is 0 Å². The minimum Gasteiger partial charge on any atom is -0.272 e. The van der Waals surface area contributed by atoms with Crippen molar-refractivity contribution in [3.63, 3.8) is 0 Å². The molecule has 1 aliphatic heterocycles. The van der Waals surface area contributed by atoms with Crippen LogP contribution in [0.5, 0.6) is 0 Å². The highest BCUT2D eigenvalue weighted by atomic mass is 16.2. The number of hydrogen-bond donors (Lipinski definition) is 0. The fraction of sp³-hybridized carbons (Fsp3) is 0.292. The van der Waals surface area contributed by atoms with Gasteiger partial charge in [-0.1, -0.05) is 68.4 Å². The van der Waals surface area contributed by atoms with Crippen molar-refractivity contribution in [2.45, 2.75) is 40.0 Å². The molecule has 0 spiro atoms. The van der Waals surface area contributed by atoms with Gasteiger partial charge in [0.2, 0.25) is 0 Å². The number of carbonyl (C=O) groups excluding carboxylic acids is 1. The molecule has 142 valence electrons. The summed E-state index contributed by atoms with van der Waals surface area (Å²) in [5, 5.41) is 4.53. The molecule has 1 atom stereocenters. The van der Waals surface area contributed by atoms with Gasteiger partial charge in [0.1, 0.15) is 0 Å². The molecule has 4 nitrogen and oxygen atoms in total. The molecule has 2 heterocycles. The van der Waals surface area contributed by atoms with E-state index in [0.717, 1.165) is 28.1 Å². The Morgan fingerprint density at radius 2 is 1.68 bits per heavy atom. The van der Waals surface area contributed by atoms with Crippen LogP contribution < -0.4 is 0 Å². The standard InChI is InChI=1S/C24H25N3O/c1-15(2)19-12-10-18(11-13-19)14-21-16(3)25-23-22(20-8-6-5-7-9-20)17(4)26-27(23)24(21)28/h5-13,15,21H,14H2,1-4H3. The smallest absolute Gasteiger partial charge is 0.257 e. The molecule has 0 fully saturated rings. The fourth-order valence-corrected chi connectivity index (χ4v) is 3.80. The van der Waals surface area contributed by atoms with Gasteiger partial charge in [-0.25, -0.2) is 4.99 Å². The third-order valence-electron chi connectivity index (χ3n) is 5.48. The summed E-state index contributed by atoms with van der Waals surface area (Å²) in [7, 11) is 0. The van der Waals surface area contributed by atoms with E-state index in [1.807, 2.05) is 44.2 Å². The van der Waals surface area contributed by atoms with Crippen molar-refractivity contribution >= 4 is 17.4 Å². The number of rotatable bonds is 4. The van der Waals surface area contributed by atoms with Gasteiger partial charge in [0, 0.05) is 11.3 Å². The molecule has 3 aromatic rings. The van der Waals surface area contributed by atoms with Gasteiger partial charge < -0.3 is 0 Å². The fourth-order valence-electron chi connectivity index (χ4n) is 3.80. The average molecular weight is 371 g/mol. The largest absolute Gasteiger partial charge is 0.272 e. The van der Waals surface area contributed by atoms with Crippen LogP contribution in [0.25, 0.3) is 11.1 Å². The van der Waals surface area contributed by atoms with Crippen molar-refractivity contribution in [3.05, 3.63) is 71.4 Å². The van der Waals surface area contributed by atoms with Crippen molar-refractivity contribution in [2.75, 3.05) is 0 Å². The summed E-state index contributed by atoms with van der Waals surface area (Å²) in [5.74, 6) is 0.873. The first-order valence-corrected chi connectivity index (χ1v) is 9.79. The molecule has 28 heavy (non-hydrogen) atoms. The van der Waals surface area contributed by atoms with Crippen LogP contribution >= 0.6 is 0 Å². The van der Waals surface area contributed by atoms with E-state index in [-0.39, 0.29) is 11.8 Å². The normalized spacial score (nSPS) is 16.2. The highest BCUT2D eigenvalue weighted by Crippen LogP contribution is 2.37. The molecule has 4 heteroatoms. The van der Waals surface area contributed by atoms with E-state index in [1.165, 1.54) is 10.2 Å². The highest BCUT2D eigenvalue weighted by Gasteiger charge is 2.33. The third-order valence-corrected chi connectivity index (χ3v) is 5.48. The number of aliphatic imine (C=N–C) groups is 1. The first-order valence-electron chi connectivity index (χ1n) is 9.79. The Labute approximate surface area is 165 Å². The first kappa shape index (κ1) is 18.4. The van der Waals surface area contributed by atoms with Crippen LogP contribution in [-0.2, 0) is 6.42 Å². The lowest BCUT2D eigenvalue weighted by Gasteiger charge is -2.21. The molecular formula is C24H25N3O. The van der Waals surface area contributed by atoms with E-state index in [0.29, 0.717) is 18.2 Å². The van der Waals surface area contributed by atoms with Crippen LogP contribution in [0.4, 0.5) is 5.82 Å². The lowest BCUT2D eigenvalue weighted by molar-refractivity contribution is 0.0852. The number of benzene rings is 2. The number of aromatic nitrogens is 2.